The maximum absolute atomic E-state index is 12.8. The third-order valence-electron chi connectivity index (χ3n) is 5.50. The van der Waals surface area contributed by atoms with Crippen LogP contribution in [0.2, 0.25) is 0 Å². The summed E-state index contributed by atoms with van der Waals surface area (Å²) < 4.78 is 0. The first kappa shape index (κ1) is 20.4. The number of likely N-dealkylation sites (tertiary alicyclic amines) is 1. The number of ketones is 1. The first-order valence-corrected chi connectivity index (χ1v) is 11.1. The predicted octanol–water partition coefficient (Wildman–Crippen LogP) is 4.86. The van der Waals surface area contributed by atoms with Gasteiger partial charge in [0.2, 0.25) is 5.91 Å². The summed E-state index contributed by atoms with van der Waals surface area (Å²) in [5.41, 5.74) is 6.48. The molecule has 1 saturated heterocycles. The van der Waals surface area contributed by atoms with Crippen LogP contribution in [0.5, 0.6) is 0 Å². The van der Waals surface area contributed by atoms with Gasteiger partial charge in [-0.05, 0) is 50.1 Å². The molecule has 0 aliphatic carbocycles. The van der Waals surface area contributed by atoms with Crippen molar-refractivity contribution < 1.29 is 9.59 Å². The van der Waals surface area contributed by atoms with Gasteiger partial charge in [0.15, 0.2) is 5.78 Å². The van der Waals surface area contributed by atoms with E-state index >= 15 is 0 Å². The third kappa shape index (κ3) is 5.01. The summed E-state index contributed by atoms with van der Waals surface area (Å²) >= 11 is 1.57. The van der Waals surface area contributed by atoms with Gasteiger partial charge in [0.25, 0.3) is 0 Å². The molecule has 1 aliphatic heterocycles. The average molecular weight is 420 g/mol. The molecule has 4 rings (SSSR count). The summed E-state index contributed by atoms with van der Waals surface area (Å²) in [6, 6.07) is 15.6. The largest absolute Gasteiger partial charge is 0.326 e. The zero-order chi connectivity index (χ0) is 20.9. The Balaban J connectivity index is 1.35. The van der Waals surface area contributed by atoms with Crippen LogP contribution in [0.3, 0.4) is 0 Å². The zero-order valence-electron chi connectivity index (χ0n) is 17.0. The smallest absolute Gasteiger partial charge is 0.228 e. The molecular formula is C24H25N3O2S. The molecule has 5 nitrogen and oxygen atoms in total. The van der Waals surface area contributed by atoms with Crippen molar-refractivity contribution in [3.63, 3.8) is 0 Å². The highest BCUT2D eigenvalue weighted by Gasteiger charge is 2.26. The van der Waals surface area contributed by atoms with Gasteiger partial charge in [-0.3, -0.25) is 14.5 Å². The molecule has 0 bridgehead atoms. The van der Waals surface area contributed by atoms with Gasteiger partial charge in [-0.15, -0.1) is 11.3 Å². The number of thiazole rings is 1. The van der Waals surface area contributed by atoms with E-state index in [1.165, 1.54) is 0 Å². The molecule has 1 atom stereocenters. The number of amides is 1. The Morgan fingerprint density at radius 2 is 2.03 bits per heavy atom. The van der Waals surface area contributed by atoms with Gasteiger partial charge >= 0.3 is 0 Å². The monoisotopic (exact) mass is 419 g/mol. The molecule has 1 N–H and O–H groups in total. The number of nitrogens with zero attached hydrogens (tertiary/aromatic N) is 2. The lowest BCUT2D eigenvalue weighted by Crippen LogP contribution is -2.40. The van der Waals surface area contributed by atoms with E-state index in [1.54, 1.807) is 18.3 Å². The van der Waals surface area contributed by atoms with Crippen molar-refractivity contribution in [2.24, 2.45) is 5.92 Å². The summed E-state index contributed by atoms with van der Waals surface area (Å²) in [6.45, 7) is 4.04. The Hall–Kier alpha value is -2.83. The van der Waals surface area contributed by atoms with Gasteiger partial charge in [-0.2, -0.15) is 0 Å². The van der Waals surface area contributed by atoms with E-state index < -0.39 is 0 Å². The lowest BCUT2D eigenvalue weighted by molar-refractivity contribution is -0.121. The molecule has 154 valence electrons. The zero-order valence-corrected chi connectivity index (χ0v) is 17.8. The number of hydrogen-bond donors (Lipinski definition) is 1. The number of hydrogen-bond acceptors (Lipinski definition) is 5. The van der Waals surface area contributed by atoms with E-state index in [-0.39, 0.29) is 17.6 Å². The Labute approximate surface area is 180 Å². The number of rotatable bonds is 6. The van der Waals surface area contributed by atoms with Gasteiger partial charge in [0, 0.05) is 35.3 Å². The van der Waals surface area contributed by atoms with Crippen LogP contribution >= 0.6 is 11.3 Å². The highest BCUT2D eigenvalue weighted by atomic mass is 32.1. The maximum Gasteiger partial charge on any atom is 0.228 e. The third-order valence-corrected chi connectivity index (χ3v) is 6.08. The van der Waals surface area contributed by atoms with E-state index in [1.807, 2.05) is 59.4 Å². The van der Waals surface area contributed by atoms with Crippen molar-refractivity contribution >= 4 is 28.7 Å². The van der Waals surface area contributed by atoms with Crippen molar-refractivity contribution in [2.75, 3.05) is 18.4 Å². The van der Waals surface area contributed by atoms with Gasteiger partial charge in [0.1, 0.15) is 0 Å². The van der Waals surface area contributed by atoms with E-state index in [0.29, 0.717) is 0 Å². The number of Topliss-reactive ketones (excluding diaryl/α,β-unsaturated/α-hetero) is 1. The van der Waals surface area contributed by atoms with Crippen LogP contribution in [0, 0.1) is 5.92 Å². The molecule has 1 amide bonds. The van der Waals surface area contributed by atoms with E-state index in [9.17, 15) is 9.59 Å². The summed E-state index contributed by atoms with van der Waals surface area (Å²) in [7, 11) is 0. The van der Waals surface area contributed by atoms with Crippen molar-refractivity contribution in [1.29, 1.82) is 0 Å². The fourth-order valence-corrected chi connectivity index (χ4v) is 4.44. The molecule has 0 unspecified atom stereocenters. The van der Waals surface area contributed by atoms with Crippen LogP contribution in [0.15, 0.2) is 59.4 Å². The second-order valence-corrected chi connectivity index (χ2v) is 8.49. The quantitative estimate of drug-likeness (QED) is 0.580. The summed E-state index contributed by atoms with van der Waals surface area (Å²) in [6.07, 6.45) is 1.89. The maximum atomic E-state index is 12.8. The predicted molar refractivity (Wildman–Crippen MR) is 121 cm³/mol. The molecule has 1 aromatic heterocycles. The molecular weight excluding hydrogens is 394 g/mol. The lowest BCUT2D eigenvalue weighted by Gasteiger charge is -2.32. The van der Waals surface area contributed by atoms with Crippen molar-refractivity contribution in [3.05, 3.63) is 70.5 Å². The van der Waals surface area contributed by atoms with Crippen molar-refractivity contribution in [3.8, 4) is 11.3 Å². The van der Waals surface area contributed by atoms with E-state index in [0.717, 1.165) is 60.5 Å². The van der Waals surface area contributed by atoms with Crippen LogP contribution in [0.4, 0.5) is 5.69 Å². The van der Waals surface area contributed by atoms with E-state index in [4.69, 9.17) is 0 Å². The van der Waals surface area contributed by atoms with Crippen LogP contribution in [-0.4, -0.2) is 34.7 Å². The molecule has 1 fully saturated rings. The molecule has 0 radical (unpaired) electrons. The Morgan fingerprint density at radius 3 is 2.77 bits per heavy atom. The number of piperidine rings is 1. The Morgan fingerprint density at radius 1 is 1.20 bits per heavy atom. The fraction of sp³-hybridized carbons (Fsp3) is 0.292. The number of benzene rings is 2. The number of carbonyl (C=O) groups is 2. The van der Waals surface area contributed by atoms with Gasteiger partial charge in [-0.1, -0.05) is 30.3 Å². The second-order valence-electron chi connectivity index (χ2n) is 7.77. The first-order chi connectivity index (χ1) is 14.6. The number of nitrogens with one attached hydrogen (secondary N) is 1. The molecule has 1 aliphatic rings. The normalized spacial score (nSPS) is 16.9. The standard InChI is InChI=1S/C24H25N3O2S/c1-17(28)20-5-2-4-18(12-20)13-27-11-3-6-21(14-27)24(29)26-22-9-7-19(8-10-22)23-15-30-16-25-23/h2,4-5,7-10,12,15-16,21H,3,6,11,13-14H2,1H3,(H,26,29)/t21-/m0/s1. The van der Waals surface area contributed by atoms with Crippen molar-refractivity contribution in [1.82, 2.24) is 9.88 Å². The van der Waals surface area contributed by atoms with Gasteiger partial charge < -0.3 is 5.32 Å². The minimum absolute atomic E-state index is 0.0343. The molecule has 6 heteroatoms. The SMILES string of the molecule is CC(=O)c1cccc(CN2CCC[C@H](C(=O)Nc3ccc(-c4cscn4)cc3)C2)c1. The Kier molecular flexibility index (Phi) is 6.35. The molecule has 0 saturated carbocycles. The van der Waals surface area contributed by atoms with E-state index in [2.05, 4.69) is 15.2 Å². The average Bonchev–Trinajstić information content (AvgIpc) is 3.29. The second kappa shape index (κ2) is 9.32. The van der Waals surface area contributed by atoms with Crippen LogP contribution < -0.4 is 5.32 Å². The summed E-state index contributed by atoms with van der Waals surface area (Å²) in [5, 5.41) is 5.07. The highest BCUT2D eigenvalue weighted by Crippen LogP contribution is 2.23. The van der Waals surface area contributed by atoms with Crippen LogP contribution in [0.25, 0.3) is 11.3 Å². The molecule has 0 spiro atoms. The minimum Gasteiger partial charge on any atom is -0.326 e. The molecule has 3 aromatic rings. The number of aromatic nitrogens is 1. The molecule has 2 aromatic carbocycles. The topological polar surface area (TPSA) is 62.3 Å². The fourth-order valence-electron chi connectivity index (χ4n) is 3.88. The number of carbonyl (C=O) groups excluding carboxylic acids is 2. The highest BCUT2D eigenvalue weighted by molar-refractivity contribution is 7.07. The summed E-state index contributed by atoms with van der Waals surface area (Å²) in [4.78, 5) is 31.1. The Bertz CT molecular complexity index is 1020. The minimum atomic E-state index is -0.0343. The van der Waals surface area contributed by atoms with Crippen LogP contribution in [-0.2, 0) is 11.3 Å². The summed E-state index contributed by atoms with van der Waals surface area (Å²) in [5.74, 6) is 0.111. The lowest BCUT2D eigenvalue weighted by atomic mass is 9.96. The van der Waals surface area contributed by atoms with Crippen LogP contribution in [0.1, 0.15) is 35.7 Å². The first-order valence-electron chi connectivity index (χ1n) is 10.2. The van der Waals surface area contributed by atoms with Crippen molar-refractivity contribution in [2.45, 2.75) is 26.3 Å². The molecule has 30 heavy (non-hydrogen) atoms. The van der Waals surface area contributed by atoms with Gasteiger partial charge in [-0.25, -0.2) is 4.98 Å². The molecule has 2 heterocycles. The number of anilines is 1. The van der Waals surface area contributed by atoms with Gasteiger partial charge in [0.05, 0.1) is 17.1 Å².